The third-order valence-electron chi connectivity index (χ3n) is 3.55. The lowest BCUT2D eigenvalue weighted by Gasteiger charge is -2.17. The van der Waals surface area contributed by atoms with Gasteiger partial charge in [-0.3, -0.25) is 4.79 Å². The van der Waals surface area contributed by atoms with Gasteiger partial charge in [-0.15, -0.1) is 0 Å². The molecule has 0 aliphatic heterocycles. The fourth-order valence-electron chi connectivity index (χ4n) is 2.17. The van der Waals surface area contributed by atoms with E-state index in [9.17, 15) is 18.4 Å². The van der Waals surface area contributed by atoms with Crippen LogP contribution in [-0.4, -0.2) is 37.0 Å². The summed E-state index contributed by atoms with van der Waals surface area (Å²) < 4.78 is 33.5. The Morgan fingerprint density at radius 1 is 1.19 bits per heavy atom. The molecule has 1 amide bonds. The molecule has 2 rings (SSSR count). The molecule has 0 spiro atoms. The van der Waals surface area contributed by atoms with Crippen molar-refractivity contribution in [3.63, 3.8) is 0 Å². The summed E-state index contributed by atoms with van der Waals surface area (Å²) in [5.41, 5.74) is 1.19. The molecule has 0 fully saturated rings. The van der Waals surface area contributed by atoms with Crippen LogP contribution in [0.25, 0.3) is 0 Å². The highest BCUT2D eigenvalue weighted by molar-refractivity contribution is 5.91. The monoisotopic (exact) mass is 374 g/mol. The largest absolute Gasteiger partial charge is 0.452 e. The molecule has 0 N–H and O–H groups in total. The summed E-state index contributed by atoms with van der Waals surface area (Å²) in [6.45, 7) is -3.16. The van der Waals surface area contributed by atoms with E-state index in [1.54, 1.807) is 24.3 Å². The maximum atomic E-state index is 12.1. The van der Waals surface area contributed by atoms with Crippen molar-refractivity contribution in [2.24, 2.45) is 0 Å². The van der Waals surface area contributed by atoms with Crippen molar-refractivity contribution in [1.82, 2.24) is 4.90 Å². The topological polar surface area (TPSA) is 79.6 Å². The molecule has 6 nitrogen and oxygen atoms in total. The Morgan fingerprint density at radius 3 is 2.52 bits per heavy atom. The van der Waals surface area contributed by atoms with Gasteiger partial charge in [-0.05, 0) is 35.9 Å². The van der Waals surface area contributed by atoms with Crippen molar-refractivity contribution in [3.05, 3.63) is 65.2 Å². The Balaban J connectivity index is 1.86. The molecule has 0 bridgehead atoms. The average molecular weight is 374 g/mol. The number of carbonyl (C=O) groups excluding carboxylic acids is 2. The molecule has 140 valence electrons. The highest BCUT2D eigenvalue weighted by atomic mass is 19.3. The second-order valence-electron chi connectivity index (χ2n) is 5.54. The molecule has 2 aromatic rings. The van der Waals surface area contributed by atoms with Crippen LogP contribution in [0.1, 0.15) is 21.5 Å². The number of likely N-dealkylation sites (N-methyl/N-ethyl adjacent to an activating group) is 1. The van der Waals surface area contributed by atoms with E-state index in [2.05, 4.69) is 4.74 Å². The van der Waals surface area contributed by atoms with Crippen molar-refractivity contribution in [2.45, 2.75) is 13.2 Å². The molecule has 8 heteroatoms. The zero-order valence-corrected chi connectivity index (χ0v) is 14.4. The lowest BCUT2D eigenvalue weighted by molar-refractivity contribution is -0.133. The Hall–Kier alpha value is -3.47. The van der Waals surface area contributed by atoms with Crippen molar-refractivity contribution in [2.75, 3.05) is 13.7 Å². The lowest BCUT2D eigenvalue weighted by Crippen LogP contribution is -2.30. The van der Waals surface area contributed by atoms with Crippen LogP contribution in [0.2, 0.25) is 0 Å². The Bertz CT molecular complexity index is 848. The predicted molar refractivity (Wildman–Crippen MR) is 91.0 cm³/mol. The number of rotatable bonds is 7. The van der Waals surface area contributed by atoms with Crippen LogP contribution in [0.3, 0.4) is 0 Å². The van der Waals surface area contributed by atoms with E-state index in [1.807, 2.05) is 6.07 Å². The van der Waals surface area contributed by atoms with Gasteiger partial charge in [0.2, 0.25) is 0 Å². The first-order chi connectivity index (χ1) is 12.9. The van der Waals surface area contributed by atoms with Gasteiger partial charge in [0.25, 0.3) is 5.91 Å². The van der Waals surface area contributed by atoms with Gasteiger partial charge in [0.05, 0.1) is 17.2 Å². The maximum absolute atomic E-state index is 12.1. The van der Waals surface area contributed by atoms with Crippen molar-refractivity contribution in [3.8, 4) is 11.8 Å². The van der Waals surface area contributed by atoms with Gasteiger partial charge in [-0.25, -0.2) is 4.79 Å². The van der Waals surface area contributed by atoms with Gasteiger partial charge in [-0.2, -0.15) is 14.0 Å². The minimum atomic E-state index is -2.90. The van der Waals surface area contributed by atoms with Gasteiger partial charge >= 0.3 is 12.6 Å². The summed E-state index contributed by atoms with van der Waals surface area (Å²) >= 11 is 0. The molecule has 0 aliphatic carbocycles. The van der Waals surface area contributed by atoms with E-state index in [1.165, 1.54) is 36.2 Å². The Morgan fingerprint density at radius 2 is 1.89 bits per heavy atom. The summed E-state index contributed by atoms with van der Waals surface area (Å²) in [5.74, 6) is -1.12. The van der Waals surface area contributed by atoms with Crippen LogP contribution in [0, 0.1) is 11.3 Å². The summed E-state index contributed by atoms with van der Waals surface area (Å²) in [7, 11) is 1.52. The minimum Gasteiger partial charge on any atom is -0.452 e. The molecule has 0 unspecified atom stereocenters. The number of carbonyl (C=O) groups is 2. The Kier molecular flexibility index (Phi) is 6.83. The summed E-state index contributed by atoms with van der Waals surface area (Å²) in [4.78, 5) is 25.4. The predicted octanol–water partition coefficient (Wildman–Crippen LogP) is 2.98. The van der Waals surface area contributed by atoms with E-state index in [-0.39, 0.29) is 17.9 Å². The molecule has 0 aliphatic rings. The quantitative estimate of drug-likeness (QED) is 0.696. The summed E-state index contributed by atoms with van der Waals surface area (Å²) in [5, 5.41) is 8.83. The molecule has 0 aromatic heterocycles. The second kappa shape index (κ2) is 9.29. The second-order valence-corrected chi connectivity index (χ2v) is 5.54. The van der Waals surface area contributed by atoms with Gasteiger partial charge < -0.3 is 14.4 Å². The smallest absolute Gasteiger partial charge is 0.387 e. The van der Waals surface area contributed by atoms with Crippen LogP contribution in [-0.2, 0) is 16.1 Å². The Labute approximate surface area is 154 Å². The van der Waals surface area contributed by atoms with Crippen molar-refractivity contribution in [1.29, 1.82) is 5.26 Å². The number of amides is 1. The number of hydrogen-bond acceptors (Lipinski definition) is 5. The third-order valence-corrected chi connectivity index (χ3v) is 3.55. The van der Waals surface area contributed by atoms with Gasteiger partial charge in [0, 0.05) is 13.6 Å². The molecule has 2 aromatic carbocycles. The molecule has 0 radical (unpaired) electrons. The average Bonchev–Trinajstić information content (AvgIpc) is 2.66. The fraction of sp³-hybridized carbons (Fsp3) is 0.211. The first-order valence-corrected chi connectivity index (χ1v) is 7.84. The number of nitriles is 1. The van der Waals surface area contributed by atoms with E-state index in [4.69, 9.17) is 10.00 Å². The zero-order valence-electron chi connectivity index (χ0n) is 14.4. The highest BCUT2D eigenvalue weighted by Gasteiger charge is 2.14. The highest BCUT2D eigenvalue weighted by Crippen LogP contribution is 2.16. The normalized spacial score (nSPS) is 10.2. The lowest BCUT2D eigenvalue weighted by atomic mass is 10.1. The molecule has 0 atom stereocenters. The standard InChI is InChI=1S/C19H16F2N2O4/c1-23(11-13-5-7-16(8-6-13)27-19(20)21)17(24)12-26-18(25)15-4-2-3-14(9-15)10-22/h2-9,19H,11-12H2,1H3. The van der Waals surface area contributed by atoms with Gasteiger partial charge in [-0.1, -0.05) is 18.2 Å². The number of nitrogens with zero attached hydrogens (tertiary/aromatic N) is 2. The first-order valence-electron chi connectivity index (χ1n) is 7.84. The summed E-state index contributed by atoms with van der Waals surface area (Å²) in [6, 6.07) is 13.7. The van der Waals surface area contributed by atoms with Crippen LogP contribution in [0.4, 0.5) is 8.78 Å². The van der Waals surface area contributed by atoms with E-state index in [0.717, 1.165) is 0 Å². The SMILES string of the molecule is CN(Cc1ccc(OC(F)F)cc1)C(=O)COC(=O)c1cccc(C#N)c1. The van der Waals surface area contributed by atoms with Crippen LogP contribution in [0.15, 0.2) is 48.5 Å². The number of ether oxygens (including phenoxy) is 2. The van der Waals surface area contributed by atoms with E-state index in [0.29, 0.717) is 11.1 Å². The number of halogens is 2. The minimum absolute atomic E-state index is 0.0243. The van der Waals surface area contributed by atoms with E-state index >= 15 is 0 Å². The third kappa shape index (κ3) is 6.08. The van der Waals surface area contributed by atoms with Crippen molar-refractivity contribution < 1.29 is 27.8 Å². The molecule has 27 heavy (non-hydrogen) atoms. The molecule has 0 saturated heterocycles. The number of esters is 1. The number of hydrogen-bond donors (Lipinski definition) is 0. The maximum Gasteiger partial charge on any atom is 0.387 e. The van der Waals surface area contributed by atoms with E-state index < -0.39 is 25.1 Å². The van der Waals surface area contributed by atoms with Crippen molar-refractivity contribution >= 4 is 11.9 Å². The fourth-order valence-corrected chi connectivity index (χ4v) is 2.17. The number of benzene rings is 2. The van der Waals surface area contributed by atoms with Crippen LogP contribution in [0.5, 0.6) is 5.75 Å². The molecular weight excluding hydrogens is 358 g/mol. The van der Waals surface area contributed by atoms with Gasteiger partial charge in [0.15, 0.2) is 6.61 Å². The number of alkyl halides is 2. The molecule has 0 saturated carbocycles. The van der Waals surface area contributed by atoms with Gasteiger partial charge in [0.1, 0.15) is 5.75 Å². The summed E-state index contributed by atoms with van der Waals surface area (Å²) in [6.07, 6.45) is 0. The van der Waals surface area contributed by atoms with Crippen LogP contribution >= 0.6 is 0 Å². The molecular formula is C19H16F2N2O4. The first kappa shape index (κ1) is 19.8. The van der Waals surface area contributed by atoms with Crippen LogP contribution < -0.4 is 4.74 Å². The zero-order chi connectivity index (χ0) is 19.8. The molecule has 0 heterocycles.